The minimum Gasteiger partial charge on any atom is -0.490 e. The number of halogens is 4. The van der Waals surface area contributed by atoms with Crippen LogP contribution in [-0.4, -0.2) is 20.5 Å². The Labute approximate surface area is 150 Å². The van der Waals surface area contributed by atoms with Crippen molar-refractivity contribution < 1.29 is 31.2 Å². The van der Waals surface area contributed by atoms with Crippen LogP contribution in [0.2, 0.25) is 5.02 Å². The first-order valence-corrected chi connectivity index (χ1v) is 8.54. The van der Waals surface area contributed by atoms with Crippen LogP contribution in [0.4, 0.5) is 24.5 Å². The van der Waals surface area contributed by atoms with Gasteiger partial charge in [-0.2, -0.15) is 13.2 Å². The molecule has 0 spiro atoms. The molecule has 0 amide bonds. The molecule has 0 bridgehead atoms. The van der Waals surface area contributed by atoms with Gasteiger partial charge in [0.2, 0.25) is 0 Å². The number of nitrogens with zero attached hydrogens (tertiary/aromatic N) is 1. The number of anilines is 1. The van der Waals surface area contributed by atoms with Crippen molar-refractivity contribution in [3.8, 4) is 5.75 Å². The lowest BCUT2D eigenvalue weighted by atomic mass is 10.2. The molecule has 0 aliphatic rings. The summed E-state index contributed by atoms with van der Waals surface area (Å²) in [6.07, 6.45) is -4.64. The molecule has 2 aromatic rings. The van der Waals surface area contributed by atoms with Crippen LogP contribution in [0.25, 0.3) is 0 Å². The normalized spacial score (nSPS) is 11.9. The summed E-state index contributed by atoms with van der Waals surface area (Å²) < 4.78 is 69.3. The Morgan fingerprint density at radius 1 is 1.19 bits per heavy atom. The molecule has 7 nitrogen and oxygen atoms in total. The number of hydrogen-bond acceptors (Lipinski definition) is 5. The van der Waals surface area contributed by atoms with E-state index in [1.54, 1.807) is 0 Å². The van der Waals surface area contributed by atoms with Crippen molar-refractivity contribution in [2.24, 2.45) is 0 Å². The first-order valence-electron chi connectivity index (χ1n) is 6.67. The molecule has 2 rings (SSSR count). The number of nitro benzene ring substituents is 1. The highest BCUT2D eigenvalue weighted by molar-refractivity contribution is 7.92. The predicted molar refractivity (Wildman–Crippen MR) is 86.9 cm³/mol. The molecule has 2 aromatic carbocycles. The van der Waals surface area contributed by atoms with Gasteiger partial charge in [-0.25, -0.2) is 8.42 Å². The number of alkyl halides is 3. The maximum Gasteiger partial charge on any atom is 0.416 e. The molecule has 1 N–H and O–H groups in total. The zero-order chi connectivity index (χ0) is 19.7. The number of methoxy groups -OCH3 is 1. The van der Waals surface area contributed by atoms with Gasteiger partial charge in [-0.15, -0.1) is 0 Å². The monoisotopic (exact) mass is 410 g/mol. The molecule has 0 atom stereocenters. The lowest BCUT2D eigenvalue weighted by molar-refractivity contribution is -0.386. The van der Waals surface area contributed by atoms with E-state index in [4.69, 9.17) is 16.3 Å². The van der Waals surface area contributed by atoms with Gasteiger partial charge >= 0.3 is 11.9 Å². The van der Waals surface area contributed by atoms with Gasteiger partial charge in [-0.1, -0.05) is 11.6 Å². The minimum absolute atomic E-state index is 0.151. The first-order chi connectivity index (χ1) is 12.0. The molecular weight excluding hydrogens is 401 g/mol. The lowest BCUT2D eigenvalue weighted by Gasteiger charge is -2.12. The summed E-state index contributed by atoms with van der Waals surface area (Å²) in [5.74, 6) is -0.151. The highest BCUT2D eigenvalue weighted by atomic mass is 35.5. The van der Waals surface area contributed by atoms with E-state index < -0.39 is 42.3 Å². The number of nitrogens with one attached hydrogen (secondary N) is 1. The van der Waals surface area contributed by atoms with E-state index in [9.17, 15) is 31.7 Å². The molecule has 0 saturated carbocycles. The van der Waals surface area contributed by atoms with Crippen LogP contribution in [0.5, 0.6) is 5.75 Å². The smallest absolute Gasteiger partial charge is 0.416 e. The highest BCUT2D eigenvalue weighted by Crippen LogP contribution is 2.35. The van der Waals surface area contributed by atoms with Gasteiger partial charge in [0.25, 0.3) is 10.0 Å². The van der Waals surface area contributed by atoms with E-state index in [0.717, 1.165) is 24.3 Å². The van der Waals surface area contributed by atoms with E-state index in [1.807, 2.05) is 4.72 Å². The van der Waals surface area contributed by atoms with Crippen molar-refractivity contribution in [2.75, 3.05) is 11.8 Å². The molecule has 0 fully saturated rings. The summed E-state index contributed by atoms with van der Waals surface area (Å²) in [6, 6.07) is 4.96. The Balaban J connectivity index is 2.41. The summed E-state index contributed by atoms with van der Waals surface area (Å²) in [6.45, 7) is 0. The summed E-state index contributed by atoms with van der Waals surface area (Å²) >= 11 is 5.70. The Morgan fingerprint density at radius 3 is 2.35 bits per heavy atom. The molecule has 12 heteroatoms. The number of benzene rings is 2. The molecule has 0 unspecified atom stereocenters. The number of hydrogen-bond donors (Lipinski definition) is 1. The quantitative estimate of drug-likeness (QED) is 0.591. The number of sulfonamides is 1. The van der Waals surface area contributed by atoms with Gasteiger partial charge in [-0.05, 0) is 30.3 Å². The summed E-state index contributed by atoms with van der Waals surface area (Å²) in [5.41, 5.74) is -1.95. The predicted octanol–water partition coefficient (Wildman–Crippen LogP) is 4.08. The van der Waals surface area contributed by atoms with E-state index in [0.29, 0.717) is 12.1 Å². The van der Waals surface area contributed by atoms with Crippen LogP contribution < -0.4 is 9.46 Å². The Hall–Kier alpha value is -2.53. The van der Waals surface area contributed by atoms with Crippen molar-refractivity contribution in [2.45, 2.75) is 11.1 Å². The molecule has 0 saturated heterocycles. The van der Waals surface area contributed by atoms with Crippen molar-refractivity contribution in [1.29, 1.82) is 0 Å². The average molecular weight is 411 g/mol. The number of ether oxygens (including phenoxy) is 1. The first kappa shape index (κ1) is 19.8. The second-order valence-corrected chi connectivity index (χ2v) is 6.98. The van der Waals surface area contributed by atoms with Crippen molar-refractivity contribution in [1.82, 2.24) is 0 Å². The fourth-order valence-electron chi connectivity index (χ4n) is 1.96. The van der Waals surface area contributed by atoms with Gasteiger partial charge in [-0.3, -0.25) is 14.8 Å². The molecular formula is C14H10ClF3N2O5S. The topological polar surface area (TPSA) is 98.5 Å². The fraction of sp³-hybridized carbons (Fsp3) is 0.143. The zero-order valence-electron chi connectivity index (χ0n) is 12.9. The van der Waals surface area contributed by atoms with Crippen LogP contribution in [0.1, 0.15) is 5.56 Å². The third-order valence-electron chi connectivity index (χ3n) is 3.20. The summed E-state index contributed by atoms with van der Waals surface area (Å²) in [4.78, 5) is 9.67. The van der Waals surface area contributed by atoms with Gasteiger partial charge < -0.3 is 4.74 Å². The molecule has 0 heterocycles. The van der Waals surface area contributed by atoms with E-state index >= 15 is 0 Å². The fourth-order valence-corrected chi connectivity index (χ4v) is 3.34. The van der Waals surface area contributed by atoms with Crippen LogP contribution in [0.15, 0.2) is 41.3 Å². The van der Waals surface area contributed by atoms with Crippen LogP contribution in [-0.2, 0) is 16.2 Å². The van der Waals surface area contributed by atoms with Gasteiger partial charge in [0, 0.05) is 6.07 Å². The van der Waals surface area contributed by atoms with E-state index in [1.165, 1.54) is 7.11 Å². The Morgan fingerprint density at radius 2 is 1.85 bits per heavy atom. The van der Waals surface area contributed by atoms with E-state index in [2.05, 4.69) is 0 Å². The second-order valence-electron chi connectivity index (χ2n) is 4.89. The van der Waals surface area contributed by atoms with Gasteiger partial charge in [0.1, 0.15) is 0 Å². The molecule has 26 heavy (non-hydrogen) atoms. The molecule has 0 aliphatic heterocycles. The van der Waals surface area contributed by atoms with Crippen LogP contribution in [0.3, 0.4) is 0 Å². The van der Waals surface area contributed by atoms with Crippen molar-refractivity contribution in [3.05, 3.63) is 57.1 Å². The van der Waals surface area contributed by atoms with Crippen molar-refractivity contribution in [3.63, 3.8) is 0 Å². The molecule has 0 aromatic heterocycles. The largest absolute Gasteiger partial charge is 0.490 e. The van der Waals surface area contributed by atoms with E-state index in [-0.39, 0.29) is 11.4 Å². The third kappa shape index (κ3) is 4.17. The number of nitro groups is 1. The maximum absolute atomic E-state index is 12.6. The standard InChI is InChI=1S/C14H10ClF3N2O5S/c1-25-13-5-3-9(7-12(13)20(21)22)26(23,24)19-11-4-2-8(6-10(11)15)14(16,17)18/h2-7,19H,1H3. The molecule has 0 aliphatic carbocycles. The zero-order valence-corrected chi connectivity index (χ0v) is 14.4. The maximum atomic E-state index is 12.6. The second kappa shape index (κ2) is 7.00. The summed E-state index contributed by atoms with van der Waals surface area (Å²) in [5, 5.41) is 10.5. The summed E-state index contributed by atoms with van der Waals surface area (Å²) in [7, 11) is -3.16. The van der Waals surface area contributed by atoms with Crippen molar-refractivity contribution >= 4 is 33.0 Å². The highest BCUT2D eigenvalue weighted by Gasteiger charge is 2.31. The molecule has 140 valence electrons. The van der Waals surface area contributed by atoms with Gasteiger partial charge in [0.05, 0.1) is 33.2 Å². The van der Waals surface area contributed by atoms with Gasteiger partial charge in [0.15, 0.2) is 5.75 Å². The number of rotatable bonds is 5. The third-order valence-corrected chi connectivity index (χ3v) is 4.87. The van der Waals surface area contributed by atoms with Crippen LogP contribution in [0, 0.1) is 10.1 Å². The molecule has 0 radical (unpaired) electrons. The minimum atomic E-state index is -4.64. The Bertz CT molecular complexity index is 964. The van der Waals surface area contributed by atoms with Crippen LogP contribution >= 0.6 is 11.6 Å². The Kier molecular flexibility index (Phi) is 5.33. The SMILES string of the molecule is COc1ccc(S(=O)(=O)Nc2ccc(C(F)(F)F)cc2Cl)cc1[N+](=O)[O-]. The lowest BCUT2D eigenvalue weighted by Crippen LogP contribution is -2.14. The average Bonchev–Trinajstić information content (AvgIpc) is 2.54.